The second kappa shape index (κ2) is 6.77. The molecule has 0 aromatic heterocycles. The number of piperazine rings is 1. The predicted octanol–water partition coefficient (Wildman–Crippen LogP) is 1.81. The van der Waals surface area contributed by atoms with Crippen molar-refractivity contribution in [3.05, 3.63) is 0 Å². The van der Waals surface area contributed by atoms with Gasteiger partial charge in [0.15, 0.2) is 0 Å². The van der Waals surface area contributed by atoms with Crippen LogP contribution in [0.15, 0.2) is 0 Å². The first-order chi connectivity index (χ1) is 9.65. The van der Waals surface area contributed by atoms with E-state index < -0.39 is 12.1 Å². The fraction of sp³-hybridized carbons (Fsp3) is 0.875. The molecule has 0 aromatic carbocycles. The lowest BCUT2D eigenvalue weighted by Gasteiger charge is -2.47. The van der Waals surface area contributed by atoms with E-state index in [1.807, 2.05) is 41.5 Å². The summed E-state index contributed by atoms with van der Waals surface area (Å²) in [6.07, 6.45) is 0.849. The third kappa shape index (κ3) is 3.76. The number of rotatable bonds is 5. The molecule has 1 aliphatic rings. The second-order valence-electron chi connectivity index (χ2n) is 7.19. The maximum absolute atomic E-state index is 12.9. The van der Waals surface area contributed by atoms with E-state index in [1.165, 1.54) is 0 Å². The van der Waals surface area contributed by atoms with Gasteiger partial charge >= 0.3 is 0 Å². The molecule has 0 radical (unpaired) electrons. The molecule has 122 valence electrons. The van der Waals surface area contributed by atoms with E-state index in [1.54, 1.807) is 12.0 Å². The van der Waals surface area contributed by atoms with Gasteiger partial charge in [0.25, 0.3) is 0 Å². The third-order valence-electron chi connectivity index (χ3n) is 4.29. The summed E-state index contributed by atoms with van der Waals surface area (Å²) in [6, 6.07) is -1.01. The Balaban J connectivity index is 3.17. The normalized spacial score (nSPS) is 26.5. The van der Waals surface area contributed by atoms with Gasteiger partial charge < -0.3 is 15.0 Å². The minimum Gasteiger partial charge on any atom is -0.383 e. The van der Waals surface area contributed by atoms with Crippen LogP contribution in [0.1, 0.15) is 48.0 Å². The Morgan fingerprint density at radius 1 is 1.29 bits per heavy atom. The number of amides is 2. The maximum atomic E-state index is 12.9. The first-order valence-electron chi connectivity index (χ1n) is 7.76. The fourth-order valence-electron chi connectivity index (χ4n) is 2.86. The van der Waals surface area contributed by atoms with E-state index in [-0.39, 0.29) is 29.2 Å². The van der Waals surface area contributed by atoms with Crippen LogP contribution in [0, 0.1) is 11.3 Å². The zero-order valence-corrected chi connectivity index (χ0v) is 14.4. The van der Waals surface area contributed by atoms with Crippen LogP contribution in [0.5, 0.6) is 0 Å². The van der Waals surface area contributed by atoms with Crippen LogP contribution in [0.4, 0.5) is 0 Å². The summed E-state index contributed by atoms with van der Waals surface area (Å²) in [4.78, 5) is 27.2. The quantitative estimate of drug-likeness (QED) is 0.842. The van der Waals surface area contributed by atoms with E-state index in [2.05, 4.69) is 5.32 Å². The van der Waals surface area contributed by atoms with Crippen molar-refractivity contribution in [2.45, 2.75) is 66.1 Å². The summed E-state index contributed by atoms with van der Waals surface area (Å²) < 4.78 is 5.20. The third-order valence-corrected chi connectivity index (χ3v) is 4.29. The summed E-state index contributed by atoms with van der Waals surface area (Å²) in [6.45, 7) is 12.3. The molecular formula is C16H30N2O3. The van der Waals surface area contributed by atoms with Crippen molar-refractivity contribution >= 4 is 11.8 Å². The number of nitrogens with one attached hydrogen (secondary N) is 1. The Kier molecular flexibility index (Phi) is 5.79. The van der Waals surface area contributed by atoms with Gasteiger partial charge in [0, 0.05) is 7.11 Å². The van der Waals surface area contributed by atoms with Gasteiger partial charge in [-0.2, -0.15) is 0 Å². The van der Waals surface area contributed by atoms with Gasteiger partial charge in [0.1, 0.15) is 12.1 Å². The van der Waals surface area contributed by atoms with E-state index in [0.717, 1.165) is 6.42 Å². The van der Waals surface area contributed by atoms with E-state index >= 15 is 0 Å². The SMILES string of the molecule is CCC(C)C1C(=O)NC(C(C)(C)C)C(=O)N1C(C)COC. The van der Waals surface area contributed by atoms with Crippen molar-refractivity contribution < 1.29 is 14.3 Å². The van der Waals surface area contributed by atoms with Crippen molar-refractivity contribution in [1.29, 1.82) is 0 Å². The molecule has 1 rings (SSSR count). The first-order valence-corrected chi connectivity index (χ1v) is 7.76. The summed E-state index contributed by atoms with van der Waals surface area (Å²) in [5, 5.41) is 2.93. The maximum Gasteiger partial charge on any atom is 0.246 e. The highest BCUT2D eigenvalue weighted by molar-refractivity contribution is 5.97. The van der Waals surface area contributed by atoms with Crippen molar-refractivity contribution in [3.63, 3.8) is 0 Å². The van der Waals surface area contributed by atoms with E-state index in [4.69, 9.17) is 4.74 Å². The summed E-state index contributed by atoms with van der Waals surface area (Å²) in [5.41, 5.74) is -0.307. The average Bonchev–Trinajstić information content (AvgIpc) is 2.38. The topological polar surface area (TPSA) is 58.6 Å². The van der Waals surface area contributed by atoms with Crippen LogP contribution in [0.2, 0.25) is 0 Å². The number of methoxy groups -OCH3 is 1. The fourth-order valence-corrected chi connectivity index (χ4v) is 2.86. The highest BCUT2D eigenvalue weighted by atomic mass is 16.5. The van der Waals surface area contributed by atoms with Crippen molar-refractivity contribution in [2.75, 3.05) is 13.7 Å². The molecule has 1 heterocycles. The summed E-state index contributed by atoms with van der Waals surface area (Å²) >= 11 is 0. The molecule has 1 aliphatic heterocycles. The minimum absolute atomic E-state index is 0.00282. The molecule has 5 nitrogen and oxygen atoms in total. The van der Waals surface area contributed by atoms with Gasteiger partial charge in [-0.05, 0) is 18.3 Å². The van der Waals surface area contributed by atoms with Gasteiger partial charge in [-0.25, -0.2) is 0 Å². The van der Waals surface area contributed by atoms with Gasteiger partial charge in [0.2, 0.25) is 11.8 Å². The van der Waals surface area contributed by atoms with Crippen LogP contribution in [-0.2, 0) is 14.3 Å². The molecule has 1 fully saturated rings. The number of carbonyl (C=O) groups excluding carboxylic acids is 2. The molecule has 1 saturated heterocycles. The molecule has 21 heavy (non-hydrogen) atoms. The molecule has 0 aromatic rings. The molecule has 0 aliphatic carbocycles. The monoisotopic (exact) mass is 298 g/mol. The lowest BCUT2D eigenvalue weighted by Crippen LogP contribution is -2.70. The van der Waals surface area contributed by atoms with E-state index in [9.17, 15) is 9.59 Å². The molecule has 4 atom stereocenters. The van der Waals surface area contributed by atoms with Crippen LogP contribution < -0.4 is 5.32 Å². The number of ether oxygens (including phenoxy) is 1. The molecule has 4 unspecified atom stereocenters. The Labute approximate surface area is 128 Å². The average molecular weight is 298 g/mol. The highest BCUT2D eigenvalue weighted by Gasteiger charge is 2.48. The molecule has 2 amide bonds. The number of hydrogen-bond acceptors (Lipinski definition) is 3. The Morgan fingerprint density at radius 2 is 1.86 bits per heavy atom. The minimum atomic E-state index is -0.482. The largest absolute Gasteiger partial charge is 0.383 e. The standard InChI is InChI=1S/C16H30N2O3/c1-8-10(2)12-14(19)17-13(16(4,5)6)15(20)18(12)11(3)9-21-7/h10-13H,8-9H2,1-7H3,(H,17,19). The Hall–Kier alpha value is -1.10. The number of nitrogens with zero attached hydrogens (tertiary/aromatic N) is 1. The predicted molar refractivity (Wildman–Crippen MR) is 82.8 cm³/mol. The highest BCUT2D eigenvalue weighted by Crippen LogP contribution is 2.29. The van der Waals surface area contributed by atoms with Gasteiger partial charge in [-0.15, -0.1) is 0 Å². The molecule has 0 saturated carbocycles. The smallest absolute Gasteiger partial charge is 0.246 e. The van der Waals surface area contributed by atoms with Crippen LogP contribution in [-0.4, -0.2) is 48.6 Å². The van der Waals surface area contributed by atoms with Crippen molar-refractivity contribution in [1.82, 2.24) is 10.2 Å². The molecule has 1 N–H and O–H groups in total. The zero-order chi connectivity index (χ0) is 16.4. The summed E-state index contributed by atoms with van der Waals surface area (Å²) in [5.74, 6) is 0.0675. The second-order valence-corrected chi connectivity index (χ2v) is 7.19. The molecule has 0 bridgehead atoms. The Morgan fingerprint density at radius 3 is 2.29 bits per heavy atom. The lowest BCUT2D eigenvalue weighted by atomic mass is 9.81. The lowest BCUT2D eigenvalue weighted by molar-refractivity contribution is -0.158. The molecule has 5 heteroatoms. The summed E-state index contributed by atoms with van der Waals surface area (Å²) in [7, 11) is 1.62. The zero-order valence-electron chi connectivity index (χ0n) is 14.4. The van der Waals surface area contributed by atoms with Gasteiger partial charge in [0.05, 0.1) is 12.6 Å². The number of hydrogen-bond donors (Lipinski definition) is 1. The molecule has 0 spiro atoms. The number of carbonyl (C=O) groups is 2. The Bertz CT molecular complexity index is 389. The van der Waals surface area contributed by atoms with Crippen LogP contribution in [0.3, 0.4) is 0 Å². The van der Waals surface area contributed by atoms with E-state index in [0.29, 0.717) is 6.61 Å². The van der Waals surface area contributed by atoms with Gasteiger partial charge in [-0.3, -0.25) is 9.59 Å². The van der Waals surface area contributed by atoms with Crippen molar-refractivity contribution in [3.8, 4) is 0 Å². The van der Waals surface area contributed by atoms with Crippen molar-refractivity contribution in [2.24, 2.45) is 11.3 Å². The van der Waals surface area contributed by atoms with Crippen LogP contribution in [0.25, 0.3) is 0 Å². The first kappa shape index (κ1) is 18.0. The van der Waals surface area contributed by atoms with Crippen LogP contribution >= 0.6 is 0 Å². The van der Waals surface area contributed by atoms with Gasteiger partial charge in [-0.1, -0.05) is 41.0 Å². The molecular weight excluding hydrogens is 268 g/mol.